The van der Waals surface area contributed by atoms with Crippen LogP contribution in [-0.4, -0.2) is 7.11 Å². The Morgan fingerprint density at radius 3 is 2.65 bits per heavy atom. The van der Waals surface area contributed by atoms with Crippen molar-refractivity contribution in [1.82, 2.24) is 0 Å². The summed E-state index contributed by atoms with van der Waals surface area (Å²) < 4.78 is 18.3. The van der Waals surface area contributed by atoms with E-state index in [9.17, 15) is 4.39 Å². The molecule has 2 heteroatoms. The van der Waals surface area contributed by atoms with Crippen LogP contribution in [0.2, 0.25) is 0 Å². The Labute approximate surface area is 119 Å². The highest BCUT2D eigenvalue weighted by atomic mass is 19.1. The summed E-state index contributed by atoms with van der Waals surface area (Å²) in [6.45, 7) is 6.12. The van der Waals surface area contributed by atoms with Crippen molar-refractivity contribution in [3.05, 3.63) is 77.6 Å². The molecule has 0 fully saturated rings. The smallest absolute Gasteiger partial charge is 0.165 e. The van der Waals surface area contributed by atoms with Crippen molar-refractivity contribution in [3.8, 4) is 5.75 Å². The van der Waals surface area contributed by atoms with E-state index >= 15 is 0 Å². The fraction of sp³-hybridized carbons (Fsp3) is 0.111. The lowest BCUT2D eigenvalue weighted by Crippen LogP contribution is -1.88. The lowest BCUT2D eigenvalue weighted by atomic mass is 10.0. The first-order valence-corrected chi connectivity index (χ1v) is 6.38. The van der Waals surface area contributed by atoms with Gasteiger partial charge in [0, 0.05) is 0 Å². The largest absolute Gasteiger partial charge is 0.494 e. The second-order valence-electron chi connectivity index (χ2n) is 4.57. The highest BCUT2D eigenvalue weighted by molar-refractivity contribution is 5.78. The van der Waals surface area contributed by atoms with E-state index in [1.807, 2.05) is 30.4 Å². The van der Waals surface area contributed by atoms with Crippen LogP contribution in [0.1, 0.15) is 16.7 Å². The zero-order chi connectivity index (χ0) is 14.5. The van der Waals surface area contributed by atoms with Crippen molar-refractivity contribution in [2.45, 2.75) is 6.92 Å². The molecule has 0 atom stereocenters. The summed E-state index contributed by atoms with van der Waals surface area (Å²) >= 11 is 0. The van der Waals surface area contributed by atoms with Gasteiger partial charge in [0.25, 0.3) is 0 Å². The maximum atomic E-state index is 13.3. The number of rotatable bonds is 4. The summed E-state index contributed by atoms with van der Waals surface area (Å²) in [5, 5.41) is 0. The van der Waals surface area contributed by atoms with Gasteiger partial charge in [-0.2, -0.15) is 0 Å². The molecule has 2 aromatic rings. The van der Waals surface area contributed by atoms with Crippen LogP contribution >= 0.6 is 0 Å². The molecule has 0 saturated carbocycles. The Hall–Kier alpha value is -2.35. The van der Waals surface area contributed by atoms with E-state index in [-0.39, 0.29) is 11.6 Å². The summed E-state index contributed by atoms with van der Waals surface area (Å²) in [4.78, 5) is 0. The Morgan fingerprint density at radius 1 is 1.20 bits per heavy atom. The van der Waals surface area contributed by atoms with Gasteiger partial charge < -0.3 is 4.74 Å². The minimum Gasteiger partial charge on any atom is -0.494 e. The molecule has 0 aliphatic carbocycles. The van der Waals surface area contributed by atoms with Crippen LogP contribution in [0.25, 0.3) is 11.6 Å². The first-order valence-electron chi connectivity index (χ1n) is 6.38. The molecule has 20 heavy (non-hydrogen) atoms. The predicted molar refractivity (Wildman–Crippen MR) is 82.2 cm³/mol. The standard InChI is InChI=1S/C18H17FO/c1-13-6-4-5-7-16(13)14(2)8-9-15-10-11-17(19)18(12-15)20-3/h4-12H,2H2,1,3H3/b9-8+. The normalized spacial score (nSPS) is 10.8. The highest BCUT2D eigenvalue weighted by Crippen LogP contribution is 2.22. The van der Waals surface area contributed by atoms with Crippen molar-refractivity contribution in [2.75, 3.05) is 7.11 Å². The summed E-state index contributed by atoms with van der Waals surface area (Å²) in [6, 6.07) is 12.8. The molecule has 0 saturated heterocycles. The van der Waals surface area contributed by atoms with Crippen LogP contribution in [0.5, 0.6) is 5.75 Å². The van der Waals surface area contributed by atoms with Gasteiger partial charge in [0.15, 0.2) is 11.6 Å². The molecule has 0 spiro atoms. The number of hydrogen-bond acceptors (Lipinski definition) is 1. The zero-order valence-electron chi connectivity index (χ0n) is 11.7. The third-order valence-corrected chi connectivity index (χ3v) is 3.14. The molecule has 2 aromatic carbocycles. The van der Waals surface area contributed by atoms with Crippen LogP contribution in [0, 0.1) is 12.7 Å². The van der Waals surface area contributed by atoms with Gasteiger partial charge in [-0.15, -0.1) is 0 Å². The van der Waals surface area contributed by atoms with Crippen molar-refractivity contribution in [2.24, 2.45) is 0 Å². The molecular weight excluding hydrogens is 251 g/mol. The van der Waals surface area contributed by atoms with E-state index in [0.717, 1.165) is 16.7 Å². The van der Waals surface area contributed by atoms with E-state index in [4.69, 9.17) is 4.74 Å². The van der Waals surface area contributed by atoms with Gasteiger partial charge in [-0.25, -0.2) is 4.39 Å². The van der Waals surface area contributed by atoms with Crippen LogP contribution in [0.3, 0.4) is 0 Å². The molecule has 0 aliphatic rings. The Bertz CT molecular complexity index is 656. The van der Waals surface area contributed by atoms with E-state index in [1.54, 1.807) is 12.1 Å². The molecular formula is C18H17FO. The van der Waals surface area contributed by atoms with Gasteiger partial charge in [0.1, 0.15) is 0 Å². The molecule has 0 bridgehead atoms. The molecule has 0 unspecified atom stereocenters. The minimum atomic E-state index is -0.359. The highest BCUT2D eigenvalue weighted by Gasteiger charge is 2.02. The average molecular weight is 268 g/mol. The SMILES string of the molecule is C=C(/C=C/c1ccc(F)c(OC)c1)c1ccccc1C. The number of hydrogen-bond donors (Lipinski definition) is 0. The molecule has 1 nitrogen and oxygen atoms in total. The van der Waals surface area contributed by atoms with E-state index in [1.165, 1.54) is 18.7 Å². The second-order valence-corrected chi connectivity index (χ2v) is 4.57. The van der Waals surface area contributed by atoms with E-state index < -0.39 is 0 Å². The zero-order valence-corrected chi connectivity index (χ0v) is 11.7. The van der Waals surface area contributed by atoms with Crippen molar-refractivity contribution in [3.63, 3.8) is 0 Å². The van der Waals surface area contributed by atoms with Crippen LogP contribution in [0.15, 0.2) is 55.1 Å². The minimum absolute atomic E-state index is 0.244. The Kier molecular flexibility index (Phi) is 4.36. The number of benzene rings is 2. The molecule has 2 rings (SSSR count). The molecule has 0 aliphatic heterocycles. The number of halogens is 1. The number of methoxy groups -OCH3 is 1. The van der Waals surface area contributed by atoms with E-state index in [2.05, 4.69) is 19.6 Å². The molecule has 0 N–H and O–H groups in total. The van der Waals surface area contributed by atoms with Crippen LogP contribution < -0.4 is 4.74 Å². The fourth-order valence-electron chi connectivity index (χ4n) is 2.00. The summed E-state index contributed by atoms with van der Waals surface area (Å²) in [7, 11) is 1.46. The maximum absolute atomic E-state index is 13.3. The van der Waals surface area contributed by atoms with Crippen LogP contribution in [-0.2, 0) is 0 Å². The second kappa shape index (κ2) is 6.20. The number of ether oxygens (including phenoxy) is 1. The van der Waals surface area contributed by atoms with Crippen molar-refractivity contribution in [1.29, 1.82) is 0 Å². The molecule has 0 aromatic heterocycles. The topological polar surface area (TPSA) is 9.23 Å². The molecule has 0 amide bonds. The molecule has 0 radical (unpaired) electrons. The third-order valence-electron chi connectivity index (χ3n) is 3.14. The lowest BCUT2D eigenvalue weighted by molar-refractivity contribution is 0.386. The van der Waals surface area contributed by atoms with Crippen molar-refractivity contribution < 1.29 is 9.13 Å². The summed E-state index contributed by atoms with van der Waals surface area (Å²) in [5.74, 6) is -0.115. The van der Waals surface area contributed by atoms with Gasteiger partial charge in [0.05, 0.1) is 7.11 Å². The summed E-state index contributed by atoms with van der Waals surface area (Å²) in [5.41, 5.74) is 4.08. The van der Waals surface area contributed by atoms with E-state index in [0.29, 0.717) is 0 Å². The average Bonchev–Trinajstić information content (AvgIpc) is 2.46. The monoisotopic (exact) mass is 268 g/mol. The van der Waals surface area contributed by atoms with Crippen molar-refractivity contribution >= 4 is 11.6 Å². The van der Waals surface area contributed by atoms with Gasteiger partial charge in [-0.1, -0.05) is 49.1 Å². The third kappa shape index (κ3) is 3.15. The quantitative estimate of drug-likeness (QED) is 0.719. The van der Waals surface area contributed by atoms with Gasteiger partial charge in [0.2, 0.25) is 0 Å². The number of aryl methyl sites for hydroxylation is 1. The van der Waals surface area contributed by atoms with Gasteiger partial charge in [-0.05, 0) is 41.3 Å². The molecule has 102 valence electrons. The number of allylic oxidation sites excluding steroid dienone is 2. The Balaban J connectivity index is 2.21. The Morgan fingerprint density at radius 2 is 1.95 bits per heavy atom. The lowest BCUT2D eigenvalue weighted by Gasteiger charge is -2.05. The maximum Gasteiger partial charge on any atom is 0.165 e. The van der Waals surface area contributed by atoms with Gasteiger partial charge in [-0.3, -0.25) is 0 Å². The first-order chi connectivity index (χ1) is 9.61. The molecule has 0 heterocycles. The van der Waals surface area contributed by atoms with Gasteiger partial charge >= 0.3 is 0 Å². The summed E-state index contributed by atoms with van der Waals surface area (Å²) in [6.07, 6.45) is 3.83. The fourth-order valence-corrected chi connectivity index (χ4v) is 2.00. The first kappa shape index (κ1) is 14.1. The van der Waals surface area contributed by atoms with Crippen LogP contribution in [0.4, 0.5) is 4.39 Å². The predicted octanol–water partition coefficient (Wildman–Crippen LogP) is 4.87.